The van der Waals surface area contributed by atoms with Crippen molar-refractivity contribution in [1.29, 1.82) is 0 Å². The highest BCUT2D eigenvalue weighted by atomic mass is 19.1. The number of ether oxygens (including phenoxy) is 1. The first kappa shape index (κ1) is 20.6. The van der Waals surface area contributed by atoms with E-state index in [-0.39, 0.29) is 29.3 Å². The second kappa shape index (κ2) is 8.65. The number of carbonyl (C=O) groups is 1. The van der Waals surface area contributed by atoms with Crippen molar-refractivity contribution in [3.05, 3.63) is 89.2 Å². The summed E-state index contributed by atoms with van der Waals surface area (Å²) in [4.78, 5) is 13.4. The number of hydrogen-bond acceptors (Lipinski definition) is 4. The lowest BCUT2D eigenvalue weighted by Gasteiger charge is -2.35. The lowest BCUT2D eigenvalue weighted by Crippen LogP contribution is -2.34. The Morgan fingerprint density at radius 3 is 2.44 bits per heavy atom. The fourth-order valence-corrected chi connectivity index (χ4v) is 5.04. The van der Waals surface area contributed by atoms with Crippen LogP contribution in [0.25, 0.3) is 0 Å². The number of benzene rings is 3. The van der Waals surface area contributed by atoms with Crippen LogP contribution in [0.2, 0.25) is 0 Å². The van der Waals surface area contributed by atoms with Crippen LogP contribution in [0.4, 0.5) is 10.1 Å². The summed E-state index contributed by atoms with van der Waals surface area (Å²) in [5, 5.41) is 9.92. The predicted molar refractivity (Wildman–Crippen MR) is 122 cm³/mol. The molecule has 1 N–H and O–H groups in total. The lowest BCUT2D eigenvalue weighted by molar-refractivity contribution is -0.111. The van der Waals surface area contributed by atoms with Crippen molar-refractivity contribution in [1.82, 2.24) is 0 Å². The van der Waals surface area contributed by atoms with Gasteiger partial charge in [-0.3, -0.25) is 0 Å². The number of phenolic OH excluding ortho intramolecular Hbond substituents is 1. The van der Waals surface area contributed by atoms with Crippen molar-refractivity contribution < 1.29 is 19.0 Å². The molecule has 3 aromatic rings. The maximum atomic E-state index is 14.7. The van der Waals surface area contributed by atoms with E-state index in [1.165, 1.54) is 6.07 Å². The molecular formula is C27H26FNO3. The van der Waals surface area contributed by atoms with Crippen LogP contribution in [0.15, 0.2) is 66.7 Å². The van der Waals surface area contributed by atoms with Crippen molar-refractivity contribution in [2.45, 2.75) is 24.7 Å². The minimum absolute atomic E-state index is 0.0916. The first-order chi connectivity index (χ1) is 15.6. The quantitative estimate of drug-likeness (QED) is 0.573. The lowest BCUT2D eigenvalue weighted by atomic mass is 9.75. The average Bonchev–Trinajstić information content (AvgIpc) is 2.84. The van der Waals surface area contributed by atoms with Crippen molar-refractivity contribution in [3.8, 4) is 11.5 Å². The molecule has 2 aliphatic rings. The third-order valence-corrected chi connectivity index (χ3v) is 6.81. The van der Waals surface area contributed by atoms with E-state index in [0.717, 1.165) is 49.0 Å². The fourth-order valence-electron chi connectivity index (χ4n) is 5.04. The average molecular weight is 432 g/mol. The van der Waals surface area contributed by atoms with Crippen LogP contribution < -0.4 is 9.64 Å². The zero-order chi connectivity index (χ0) is 22.1. The highest BCUT2D eigenvalue weighted by Gasteiger charge is 2.35. The number of nitrogens with zero attached hydrogens (tertiary/aromatic N) is 1. The molecule has 0 spiro atoms. The summed E-state index contributed by atoms with van der Waals surface area (Å²) in [5.74, 6) is 0.460. The van der Waals surface area contributed by atoms with Gasteiger partial charge in [-0.1, -0.05) is 36.4 Å². The van der Waals surface area contributed by atoms with Crippen LogP contribution in [0.1, 0.15) is 41.4 Å². The van der Waals surface area contributed by atoms with Crippen molar-refractivity contribution in [2.75, 3.05) is 24.6 Å². The van der Waals surface area contributed by atoms with E-state index in [0.29, 0.717) is 17.9 Å². The predicted octanol–water partition coefficient (Wildman–Crippen LogP) is 5.25. The van der Waals surface area contributed by atoms with E-state index in [4.69, 9.17) is 4.74 Å². The summed E-state index contributed by atoms with van der Waals surface area (Å²) in [6.07, 6.45) is 2.85. The monoisotopic (exact) mass is 431 g/mol. The number of aromatic hydroxyl groups is 1. The van der Waals surface area contributed by atoms with E-state index < -0.39 is 0 Å². The van der Waals surface area contributed by atoms with Crippen molar-refractivity contribution in [3.63, 3.8) is 0 Å². The summed E-state index contributed by atoms with van der Waals surface area (Å²) >= 11 is 0. The summed E-state index contributed by atoms with van der Waals surface area (Å²) in [7, 11) is 0. The Balaban J connectivity index is 1.50. The molecule has 1 fully saturated rings. The normalized spacial score (nSPS) is 21.0. The molecular weight excluding hydrogens is 405 g/mol. The number of rotatable bonds is 4. The third kappa shape index (κ3) is 3.83. The first-order valence-electron chi connectivity index (χ1n) is 11.1. The van der Waals surface area contributed by atoms with Gasteiger partial charge in [-0.15, -0.1) is 0 Å². The molecule has 0 aliphatic carbocycles. The van der Waals surface area contributed by atoms with Gasteiger partial charge >= 0.3 is 0 Å². The number of phenols is 1. The molecule has 0 radical (unpaired) electrons. The van der Waals surface area contributed by atoms with Gasteiger partial charge in [0.2, 0.25) is 0 Å². The van der Waals surface area contributed by atoms with Crippen LogP contribution >= 0.6 is 0 Å². The maximum Gasteiger partial charge on any atom is 0.126 e. The Labute approximate surface area is 187 Å². The number of hydrogen-bond donors (Lipinski definition) is 1. The Hall–Kier alpha value is -3.34. The van der Waals surface area contributed by atoms with E-state index in [1.54, 1.807) is 18.2 Å². The number of carbonyl (C=O) groups excluding carboxylic acids is 1. The molecule has 0 unspecified atom stereocenters. The van der Waals surface area contributed by atoms with Gasteiger partial charge in [-0.05, 0) is 48.2 Å². The number of aldehydes is 1. The first-order valence-corrected chi connectivity index (χ1v) is 11.1. The maximum absolute atomic E-state index is 14.7. The van der Waals surface area contributed by atoms with Gasteiger partial charge in [-0.2, -0.15) is 0 Å². The molecule has 164 valence electrons. The Morgan fingerprint density at radius 2 is 1.72 bits per heavy atom. The summed E-state index contributed by atoms with van der Waals surface area (Å²) in [5.41, 5.74) is 3.80. The molecule has 32 heavy (non-hydrogen) atoms. The second-order valence-electron chi connectivity index (χ2n) is 8.69. The van der Waals surface area contributed by atoms with Gasteiger partial charge < -0.3 is 19.5 Å². The van der Waals surface area contributed by atoms with Crippen LogP contribution in [0.5, 0.6) is 11.5 Å². The minimum atomic E-state index is -0.233. The number of halogens is 1. The Kier molecular flexibility index (Phi) is 5.56. The molecule has 3 aromatic carbocycles. The van der Waals surface area contributed by atoms with Crippen LogP contribution in [-0.2, 0) is 4.79 Å². The molecule has 1 saturated heterocycles. The Bertz CT molecular complexity index is 1110. The number of piperidine rings is 1. The zero-order valence-electron chi connectivity index (χ0n) is 17.8. The van der Waals surface area contributed by atoms with Gasteiger partial charge in [0.05, 0.1) is 6.61 Å². The third-order valence-electron chi connectivity index (χ3n) is 6.81. The van der Waals surface area contributed by atoms with Gasteiger partial charge in [-0.25, -0.2) is 4.39 Å². The van der Waals surface area contributed by atoms with Crippen LogP contribution in [0.3, 0.4) is 0 Å². The van der Waals surface area contributed by atoms with Gasteiger partial charge in [0.1, 0.15) is 23.6 Å². The van der Waals surface area contributed by atoms with E-state index >= 15 is 0 Å². The second-order valence-corrected chi connectivity index (χ2v) is 8.69. The molecule has 0 bridgehead atoms. The molecule has 2 atom stereocenters. The summed E-state index contributed by atoms with van der Waals surface area (Å²) < 4.78 is 20.7. The molecule has 5 heteroatoms. The zero-order valence-corrected chi connectivity index (χ0v) is 17.8. The fraction of sp³-hybridized carbons (Fsp3) is 0.296. The standard InChI is InChI=1S/C27H26FNO3/c28-25-4-2-1-3-22(25)24-17-32-26-15-21(31)9-10-23(26)27(24)19-5-7-20(8-6-19)29-13-11-18(16-30)12-14-29/h1-10,15-16,18,24,27,31H,11-14,17H2/t24-,27-/m0/s1. The molecule has 0 aromatic heterocycles. The highest BCUT2D eigenvalue weighted by molar-refractivity contribution is 5.57. The highest BCUT2D eigenvalue weighted by Crippen LogP contribution is 2.47. The van der Waals surface area contributed by atoms with Gasteiger partial charge in [0, 0.05) is 48.2 Å². The molecule has 2 heterocycles. The van der Waals surface area contributed by atoms with Crippen molar-refractivity contribution in [2.24, 2.45) is 5.92 Å². The summed E-state index contributed by atoms with van der Waals surface area (Å²) in [6, 6.07) is 20.5. The van der Waals surface area contributed by atoms with Gasteiger partial charge in [0.15, 0.2) is 0 Å². The molecule has 0 saturated carbocycles. The molecule has 0 amide bonds. The van der Waals surface area contributed by atoms with E-state index in [9.17, 15) is 14.3 Å². The number of anilines is 1. The topological polar surface area (TPSA) is 49.8 Å². The largest absolute Gasteiger partial charge is 0.508 e. The van der Waals surface area contributed by atoms with E-state index in [2.05, 4.69) is 29.2 Å². The molecule has 2 aliphatic heterocycles. The van der Waals surface area contributed by atoms with Crippen LogP contribution in [-0.4, -0.2) is 31.1 Å². The molecule has 5 rings (SSSR count). The molecule has 4 nitrogen and oxygen atoms in total. The SMILES string of the molecule is O=CC1CCN(c2ccc([C@H]3c4ccc(O)cc4OC[C@H]3c3ccccc3F)cc2)CC1. The van der Waals surface area contributed by atoms with E-state index in [1.807, 2.05) is 18.2 Å². The smallest absolute Gasteiger partial charge is 0.126 e. The summed E-state index contributed by atoms with van der Waals surface area (Å²) in [6.45, 7) is 2.09. The number of fused-ring (bicyclic) bond motifs is 1. The Morgan fingerprint density at radius 1 is 0.969 bits per heavy atom. The minimum Gasteiger partial charge on any atom is -0.508 e. The van der Waals surface area contributed by atoms with Crippen molar-refractivity contribution >= 4 is 12.0 Å². The van der Waals surface area contributed by atoms with Crippen LogP contribution in [0, 0.1) is 11.7 Å². The van der Waals surface area contributed by atoms with Gasteiger partial charge in [0.25, 0.3) is 0 Å².